The van der Waals surface area contributed by atoms with Crippen molar-refractivity contribution in [1.82, 2.24) is 4.90 Å². The van der Waals surface area contributed by atoms with Gasteiger partial charge in [-0.1, -0.05) is 11.6 Å². The number of Topliss-reactive ketones (excluding diaryl/α,β-unsaturated/α-hetero) is 1. The fourth-order valence-electron chi connectivity index (χ4n) is 1.51. The van der Waals surface area contributed by atoms with Crippen molar-refractivity contribution in [3.8, 4) is 0 Å². The highest BCUT2D eigenvalue weighted by Crippen LogP contribution is 2.22. The van der Waals surface area contributed by atoms with Gasteiger partial charge in [0.05, 0.1) is 28.6 Å². The molecule has 0 spiro atoms. The fraction of sp³-hybridized carbons (Fsp3) is 0.250. The molecular formula is C12H12ClNO2S. The lowest BCUT2D eigenvalue weighted by atomic mass is 10.3. The molecular weight excluding hydrogens is 258 g/mol. The SMILES string of the molecule is CN(CC(=O)c1ccc(Cl)s1)Cc1ccco1. The Morgan fingerprint density at radius 3 is 2.88 bits per heavy atom. The number of furan rings is 1. The summed E-state index contributed by atoms with van der Waals surface area (Å²) >= 11 is 7.11. The van der Waals surface area contributed by atoms with E-state index in [4.69, 9.17) is 16.0 Å². The van der Waals surface area contributed by atoms with Gasteiger partial charge in [0.1, 0.15) is 5.76 Å². The van der Waals surface area contributed by atoms with Crippen molar-refractivity contribution < 1.29 is 9.21 Å². The molecule has 90 valence electrons. The van der Waals surface area contributed by atoms with Crippen LogP contribution in [0.3, 0.4) is 0 Å². The smallest absolute Gasteiger partial charge is 0.186 e. The molecule has 0 radical (unpaired) electrons. The van der Waals surface area contributed by atoms with E-state index in [1.807, 2.05) is 24.1 Å². The lowest BCUT2D eigenvalue weighted by molar-refractivity contribution is 0.0943. The molecule has 0 fully saturated rings. The van der Waals surface area contributed by atoms with E-state index in [1.54, 1.807) is 18.4 Å². The van der Waals surface area contributed by atoms with E-state index in [1.165, 1.54) is 11.3 Å². The summed E-state index contributed by atoms with van der Waals surface area (Å²) in [6.07, 6.45) is 1.63. The molecule has 0 aliphatic heterocycles. The van der Waals surface area contributed by atoms with Crippen LogP contribution in [0, 0.1) is 0 Å². The van der Waals surface area contributed by atoms with E-state index < -0.39 is 0 Å². The highest BCUT2D eigenvalue weighted by Gasteiger charge is 2.12. The summed E-state index contributed by atoms with van der Waals surface area (Å²) in [5, 5.41) is 0. The van der Waals surface area contributed by atoms with Gasteiger partial charge in [-0.25, -0.2) is 0 Å². The summed E-state index contributed by atoms with van der Waals surface area (Å²) in [5.74, 6) is 0.931. The van der Waals surface area contributed by atoms with Gasteiger partial charge < -0.3 is 4.42 Å². The first-order valence-corrected chi connectivity index (χ1v) is 6.34. The first kappa shape index (κ1) is 12.4. The average Bonchev–Trinajstić information content (AvgIpc) is 2.89. The molecule has 5 heteroatoms. The van der Waals surface area contributed by atoms with Gasteiger partial charge in [0.25, 0.3) is 0 Å². The monoisotopic (exact) mass is 269 g/mol. The number of hydrogen-bond acceptors (Lipinski definition) is 4. The second kappa shape index (κ2) is 5.49. The number of likely N-dealkylation sites (N-methyl/N-ethyl adjacent to an activating group) is 1. The first-order chi connectivity index (χ1) is 8.15. The summed E-state index contributed by atoms with van der Waals surface area (Å²) in [5.41, 5.74) is 0. The molecule has 2 heterocycles. The Balaban J connectivity index is 1.90. The third-order valence-corrected chi connectivity index (χ3v) is 3.54. The van der Waals surface area contributed by atoms with Crippen LogP contribution < -0.4 is 0 Å². The summed E-state index contributed by atoms with van der Waals surface area (Å²) in [7, 11) is 1.88. The number of thiophene rings is 1. The highest BCUT2D eigenvalue weighted by atomic mass is 35.5. The van der Waals surface area contributed by atoms with Crippen LogP contribution in [-0.4, -0.2) is 24.3 Å². The molecule has 0 unspecified atom stereocenters. The Hall–Kier alpha value is -1.10. The van der Waals surface area contributed by atoms with Crippen molar-refractivity contribution in [3.63, 3.8) is 0 Å². The zero-order chi connectivity index (χ0) is 12.3. The van der Waals surface area contributed by atoms with E-state index in [0.29, 0.717) is 22.3 Å². The van der Waals surface area contributed by atoms with E-state index in [0.717, 1.165) is 5.76 Å². The van der Waals surface area contributed by atoms with E-state index >= 15 is 0 Å². The van der Waals surface area contributed by atoms with Crippen LogP contribution in [0.1, 0.15) is 15.4 Å². The summed E-state index contributed by atoms with van der Waals surface area (Å²) in [4.78, 5) is 14.5. The minimum atomic E-state index is 0.0796. The maximum atomic E-state index is 11.9. The molecule has 17 heavy (non-hydrogen) atoms. The van der Waals surface area contributed by atoms with Crippen LogP contribution in [0.15, 0.2) is 34.9 Å². The Morgan fingerprint density at radius 2 is 2.29 bits per heavy atom. The van der Waals surface area contributed by atoms with Crippen molar-refractivity contribution in [2.45, 2.75) is 6.54 Å². The zero-order valence-corrected chi connectivity index (χ0v) is 10.9. The second-order valence-corrected chi connectivity index (χ2v) is 5.49. The Labute approximate surface area is 109 Å². The molecule has 0 aliphatic rings. The predicted molar refractivity (Wildman–Crippen MR) is 68.7 cm³/mol. The fourth-order valence-corrected chi connectivity index (χ4v) is 2.48. The van der Waals surface area contributed by atoms with E-state index in [2.05, 4.69) is 0 Å². The van der Waals surface area contributed by atoms with Crippen LogP contribution in [0.25, 0.3) is 0 Å². The second-order valence-electron chi connectivity index (χ2n) is 3.78. The zero-order valence-electron chi connectivity index (χ0n) is 9.35. The van der Waals surface area contributed by atoms with Crippen LogP contribution in [0.5, 0.6) is 0 Å². The molecule has 0 saturated carbocycles. The van der Waals surface area contributed by atoms with Crippen molar-refractivity contribution >= 4 is 28.7 Å². The van der Waals surface area contributed by atoms with Gasteiger partial charge >= 0.3 is 0 Å². The van der Waals surface area contributed by atoms with Gasteiger partial charge in [0.15, 0.2) is 5.78 Å². The molecule has 2 aromatic heterocycles. The molecule has 0 amide bonds. The molecule has 2 aromatic rings. The van der Waals surface area contributed by atoms with Gasteiger partial charge in [-0.05, 0) is 31.3 Å². The summed E-state index contributed by atoms with van der Waals surface area (Å²) in [6, 6.07) is 7.23. The maximum absolute atomic E-state index is 11.9. The normalized spacial score (nSPS) is 11.0. The molecule has 2 rings (SSSR count). The molecule has 0 N–H and O–H groups in total. The summed E-state index contributed by atoms with van der Waals surface area (Å²) in [6.45, 7) is 0.982. The molecule has 0 saturated heterocycles. The van der Waals surface area contributed by atoms with Gasteiger partial charge in [-0.3, -0.25) is 9.69 Å². The van der Waals surface area contributed by atoms with E-state index in [9.17, 15) is 4.79 Å². The highest BCUT2D eigenvalue weighted by molar-refractivity contribution is 7.18. The van der Waals surface area contributed by atoms with Crippen LogP contribution in [0.2, 0.25) is 4.34 Å². The van der Waals surface area contributed by atoms with Crippen LogP contribution in [-0.2, 0) is 6.54 Å². The Kier molecular flexibility index (Phi) is 3.99. The number of halogens is 1. The van der Waals surface area contributed by atoms with Crippen LogP contribution in [0.4, 0.5) is 0 Å². The van der Waals surface area contributed by atoms with Crippen molar-refractivity contribution in [2.24, 2.45) is 0 Å². The molecule has 0 bridgehead atoms. The van der Waals surface area contributed by atoms with Gasteiger partial charge in [-0.15, -0.1) is 11.3 Å². The number of nitrogens with zero attached hydrogens (tertiary/aromatic N) is 1. The van der Waals surface area contributed by atoms with Crippen LogP contribution >= 0.6 is 22.9 Å². The Bertz CT molecular complexity index is 492. The predicted octanol–water partition coefficient (Wildman–Crippen LogP) is 3.31. The van der Waals surface area contributed by atoms with Gasteiger partial charge in [0, 0.05) is 0 Å². The topological polar surface area (TPSA) is 33.5 Å². The largest absolute Gasteiger partial charge is 0.468 e. The molecule has 0 atom stereocenters. The van der Waals surface area contributed by atoms with E-state index in [-0.39, 0.29) is 5.78 Å². The molecule has 0 aromatic carbocycles. The minimum Gasteiger partial charge on any atom is -0.468 e. The number of ketones is 1. The Morgan fingerprint density at radius 1 is 1.47 bits per heavy atom. The first-order valence-electron chi connectivity index (χ1n) is 5.14. The lowest BCUT2D eigenvalue weighted by Gasteiger charge is -2.13. The van der Waals surface area contributed by atoms with Gasteiger partial charge in [0.2, 0.25) is 0 Å². The third-order valence-electron chi connectivity index (χ3n) is 2.27. The number of hydrogen-bond donors (Lipinski definition) is 0. The average molecular weight is 270 g/mol. The van der Waals surface area contributed by atoms with Gasteiger partial charge in [-0.2, -0.15) is 0 Å². The number of rotatable bonds is 5. The maximum Gasteiger partial charge on any atom is 0.186 e. The third kappa shape index (κ3) is 3.43. The van der Waals surface area contributed by atoms with Crippen molar-refractivity contribution in [1.29, 1.82) is 0 Å². The minimum absolute atomic E-state index is 0.0796. The number of carbonyl (C=O) groups is 1. The summed E-state index contributed by atoms with van der Waals surface area (Å²) < 4.78 is 5.86. The quantitative estimate of drug-likeness (QED) is 0.781. The standard InChI is InChI=1S/C12H12ClNO2S/c1-14(7-9-3-2-6-16-9)8-10(15)11-4-5-12(13)17-11/h2-6H,7-8H2,1H3. The molecule has 3 nitrogen and oxygen atoms in total. The number of carbonyl (C=O) groups excluding carboxylic acids is 1. The molecule has 0 aliphatic carbocycles. The van der Waals surface area contributed by atoms with Crippen molar-refractivity contribution in [3.05, 3.63) is 45.5 Å². The lowest BCUT2D eigenvalue weighted by Crippen LogP contribution is -2.24. The van der Waals surface area contributed by atoms with Crippen molar-refractivity contribution in [2.75, 3.05) is 13.6 Å².